The zero-order chi connectivity index (χ0) is 13.6. The topological polar surface area (TPSA) is 13.1 Å². The summed E-state index contributed by atoms with van der Waals surface area (Å²) in [6, 6.07) is 7.85. The van der Waals surface area contributed by atoms with Gasteiger partial charge in [-0.1, -0.05) is 43.7 Å². The highest BCUT2D eigenvalue weighted by Crippen LogP contribution is 2.42. The molecule has 19 heavy (non-hydrogen) atoms. The van der Waals surface area contributed by atoms with E-state index in [4.69, 9.17) is 27.6 Å². The number of furan rings is 1. The van der Waals surface area contributed by atoms with Gasteiger partial charge in [0.05, 0.1) is 10.4 Å². The van der Waals surface area contributed by atoms with E-state index in [9.17, 15) is 0 Å². The lowest BCUT2D eigenvalue weighted by Crippen LogP contribution is -2.21. The van der Waals surface area contributed by atoms with Crippen molar-refractivity contribution in [3.8, 4) is 0 Å². The molecule has 2 aromatic rings. The zero-order valence-electron chi connectivity index (χ0n) is 11.0. The number of hydrogen-bond donors (Lipinski definition) is 0. The van der Waals surface area contributed by atoms with Crippen LogP contribution in [0.2, 0.25) is 5.02 Å². The molecule has 3 rings (SSSR count). The smallest absolute Gasteiger partial charge is 0.153 e. The summed E-state index contributed by atoms with van der Waals surface area (Å²) < 4.78 is 5.92. The molecule has 1 nitrogen and oxygen atoms in total. The molecule has 1 aromatic carbocycles. The van der Waals surface area contributed by atoms with Crippen molar-refractivity contribution in [2.45, 2.75) is 32.1 Å². The van der Waals surface area contributed by atoms with Crippen molar-refractivity contribution in [2.75, 3.05) is 0 Å². The third-order valence-electron chi connectivity index (χ3n) is 3.61. The van der Waals surface area contributed by atoms with E-state index in [2.05, 4.69) is 26.0 Å². The number of halogens is 2. The Morgan fingerprint density at radius 1 is 1.32 bits per heavy atom. The van der Waals surface area contributed by atoms with Crippen LogP contribution < -0.4 is 0 Å². The molecule has 100 valence electrons. The van der Waals surface area contributed by atoms with Gasteiger partial charge in [-0.05, 0) is 36.0 Å². The first-order valence-electron chi connectivity index (χ1n) is 6.48. The van der Waals surface area contributed by atoms with Crippen LogP contribution in [0, 0.1) is 5.41 Å². The van der Waals surface area contributed by atoms with Crippen molar-refractivity contribution in [2.24, 2.45) is 5.41 Å². The van der Waals surface area contributed by atoms with Gasteiger partial charge in [-0.25, -0.2) is 0 Å². The summed E-state index contributed by atoms with van der Waals surface area (Å²) in [5, 5.41) is 1.77. The van der Waals surface area contributed by atoms with Gasteiger partial charge in [0.2, 0.25) is 0 Å². The van der Waals surface area contributed by atoms with E-state index in [0.29, 0.717) is 5.02 Å². The maximum absolute atomic E-state index is 6.33. The SMILES string of the molecule is CC1(C)CC(c2cc3cccc(Cl)c3o2)=CC(Cl)C1. The van der Waals surface area contributed by atoms with E-state index in [-0.39, 0.29) is 10.8 Å². The molecule has 0 amide bonds. The minimum Gasteiger partial charge on any atom is -0.455 e. The Bertz CT molecular complexity index is 652. The van der Waals surface area contributed by atoms with Crippen LogP contribution in [-0.2, 0) is 0 Å². The number of benzene rings is 1. The number of allylic oxidation sites excluding steroid dienone is 2. The van der Waals surface area contributed by atoms with Gasteiger partial charge < -0.3 is 4.42 Å². The first kappa shape index (κ1) is 13.1. The highest BCUT2D eigenvalue weighted by atomic mass is 35.5. The highest BCUT2D eigenvalue weighted by Gasteiger charge is 2.29. The molecule has 1 atom stereocenters. The minimum atomic E-state index is 0.0717. The Balaban J connectivity index is 2.07. The van der Waals surface area contributed by atoms with Gasteiger partial charge in [0.25, 0.3) is 0 Å². The first-order valence-corrected chi connectivity index (χ1v) is 7.29. The van der Waals surface area contributed by atoms with Crippen molar-refractivity contribution >= 4 is 39.7 Å². The van der Waals surface area contributed by atoms with Crippen LogP contribution in [0.3, 0.4) is 0 Å². The van der Waals surface area contributed by atoms with Gasteiger partial charge in [-0.15, -0.1) is 11.6 Å². The van der Waals surface area contributed by atoms with Crippen LogP contribution in [0.1, 0.15) is 32.4 Å². The van der Waals surface area contributed by atoms with E-state index in [0.717, 1.165) is 29.6 Å². The second-order valence-electron chi connectivity index (χ2n) is 6.02. The standard InChI is InChI=1S/C16H16Cl2O/c1-16(2)8-11(6-12(17)9-16)14-7-10-4-3-5-13(18)15(10)19-14/h3-7,12H,8-9H2,1-2H3. The summed E-state index contributed by atoms with van der Waals surface area (Å²) in [5.74, 6) is 0.890. The lowest BCUT2D eigenvalue weighted by atomic mass is 9.76. The van der Waals surface area contributed by atoms with Crippen LogP contribution in [0.5, 0.6) is 0 Å². The normalized spacial score (nSPS) is 22.5. The molecule has 1 heterocycles. The number of alkyl halides is 1. The third-order valence-corrected chi connectivity index (χ3v) is 4.19. The van der Waals surface area contributed by atoms with Gasteiger partial charge in [0.1, 0.15) is 5.76 Å². The van der Waals surface area contributed by atoms with Crippen molar-refractivity contribution < 1.29 is 4.42 Å². The molecule has 0 bridgehead atoms. The maximum Gasteiger partial charge on any atom is 0.153 e. The molecule has 1 aromatic heterocycles. The predicted octanol–water partition coefficient (Wildman–Crippen LogP) is 5.90. The molecule has 1 aliphatic carbocycles. The summed E-state index contributed by atoms with van der Waals surface area (Å²) in [4.78, 5) is 0. The molecule has 0 fully saturated rings. The summed E-state index contributed by atoms with van der Waals surface area (Å²) in [5.41, 5.74) is 2.15. The van der Waals surface area contributed by atoms with E-state index >= 15 is 0 Å². The Labute approximate surface area is 123 Å². The Kier molecular flexibility index (Phi) is 3.15. The second kappa shape index (κ2) is 4.57. The van der Waals surface area contributed by atoms with Gasteiger partial charge in [-0.3, -0.25) is 0 Å². The second-order valence-corrected chi connectivity index (χ2v) is 6.99. The molecular weight excluding hydrogens is 279 g/mol. The van der Waals surface area contributed by atoms with Crippen molar-refractivity contribution in [1.29, 1.82) is 0 Å². The van der Waals surface area contributed by atoms with Crippen molar-refractivity contribution in [1.82, 2.24) is 0 Å². The van der Waals surface area contributed by atoms with E-state index in [1.165, 1.54) is 5.57 Å². The van der Waals surface area contributed by atoms with Crippen LogP contribution in [0.4, 0.5) is 0 Å². The fourth-order valence-corrected chi connectivity index (χ4v) is 3.60. The number of fused-ring (bicyclic) bond motifs is 1. The van der Waals surface area contributed by atoms with Crippen LogP contribution >= 0.6 is 23.2 Å². The van der Waals surface area contributed by atoms with Crippen molar-refractivity contribution in [3.63, 3.8) is 0 Å². The molecule has 0 aliphatic heterocycles. The molecule has 1 unspecified atom stereocenters. The molecule has 0 spiro atoms. The van der Waals surface area contributed by atoms with E-state index < -0.39 is 0 Å². The molecule has 0 saturated heterocycles. The molecule has 1 aliphatic rings. The largest absolute Gasteiger partial charge is 0.455 e. The van der Waals surface area contributed by atoms with Crippen LogP contribution in [0.15, 0.2) is 34.8 Å². The van der Waals surface area contributed by atoms with E-state index in [1.807, 2.05) is 18.2 Å². The summed E-state index contributed by atoms with van der Waals surface area (Å²) in [6.45, 7) is 4.48. The molecule has 0 radical (unpaired) electrons. The van der Waals surface area contributed by atoms with Gasteiger partial charge in [0, 0.05) is 5.39 Å². The monoisotopic (exact) mass is 294 g/mol. The summed E-state index contributed by atoms with van der Waals surface area (Å²) >= 11 is 12.5. The first-order chi connectivity index (χ1) is 8.94. The average molecular weight is 295 g/mol. The molecule has 0 saturated carbocycles. The quantitative estimate of drug-likeness (QED) is 0.597. The third kappa shape index (κ3) is 2.54. The fraction of sp³-hybridized carbons (Fsp3) is 0.375. The lowest BCUT2D eigenvalue weighted by Gasteiger charge is -2.31. The lowest BCUT2D eigenvalue weighted by molar-refractivity contribution is 0.337. The number of rotatable bonds is 1. The van der Waals surface area contributed by atoms with E-state index in [1.54, 1.807) is 0 Å². The minimum absolute atomic E-state index is 0.0717. The summed E-state index contributed by atoms with van der Waals surface area (Å²) in [6.07, 6.45) is 4.09. The Morgan fingerprint density at radius 3 is 2.79 bits per heavy atom. The van der Waals surface area contributed by atoms with Gasteiger partial charge in [-0.2, -0.15) is 0 Å². The highest BCUT2D eigenvalue weighted by molar-refractivity contribution is 6.34. The molecule has 3 heteroatoms. The number of hydrogen-bond acceptors (Lipinski definition) is 1. The van der Waals surface area contributed by atoms with Gasteiger partial charge in [0.15, 0.2) is 5.58 Å². The Hall–Kier alpha value is -0.920. The molecule has 0 N–H and O–H groups in total. The van der Waals surface area contributed by atoms with Crippen LogP contribution in [0.25, 0.3) is 16.5 Å². The Morgan fingerprint density at radius 2 is 2.11 bits per heavy atom. The zero-order valence-corrected chi connectivity index (χ0v) is 12.6. The fourth-order valence-electron chi connectivity index (χ4n) is 2.81. The van der Waals surface area contributed by atoms with Crippen LogP contribution in [-0.4, -0.2) is 5.38 Å². The maximum atomic E-state index is 6.33. The number of para-hydroxylation sites is 1. The summed E-state index contributed by atoms with van der Waals surface area (Å²) in [7, 11) is 0. The van der Waals surface area contributed by atoms with Crippen molar-refractivity contribution in [3.05, 3.63) is 41.1 Å². The van der Waals surface area contributed by atoms with Gasteiger partial charge >= 0.3 is 0 Å². The average Bonchev–Trinajstić information content (AvgIpc) is 2.71. The predicted molar refractivity (Wildman–Crippen MR) is 81.9 cm³/mol. The molecular formula is C16H16Cl2O.